The molecule has 2 amide bonds. The lowest BCUT2D eigenvalue weighted by Crippen LogP contribution is -2.43. The van der Waals surface area contributed by atoms with Gasteiger partial charge in [0, 0.05) is 18.8 Å². The molecule has 1 heterocycles. The van der Waals surface area contributed by atoms with E-state index in [1.807, 2.05) is 0 Å². The van der Waals surface area contributed by atoms with E-state index in [-0.39, 0.29) is 18.1 Å². The maximum Gasteiger partial charge on any atom is 0.416 e. The molecule has 1 aromatic carbocycles. The van der Waals surface area contributed by atoms with Gasteiger partial charge in [0.1, 0.15) is 0 Å². The van der Waals surface area contributed by atoms with Crippen LogP contribution in [0.25, 0.3) is 0 Å². The summed E-state index contributed by atoms with van der Waals surface area (Å²) in [4.78, 5) is 25.1. The number of likely N-dealkylation sites (tertiary alicyclic amines) is 1. The molecule has 0 spiro atoms. The molecule has 1 aliphatic heterocycles. The van der Waals surface area contributed by atoms with E-state index in [1.54, 1.807) is 0 Å². The van der Waals surface area contributed by atoms with Gasteiger partial charge in [0.05, 0.1) is 18.6 Å². The summed E-state index contributed by atoms with van der Waals surface area (Å²) in [7, 11) is 1.27. The first-order valence-electron chi connectivity index (χ1n) is 7.12. The molecule has 1 saturated heterocycles. The zero-order valence-electron chi connectivity index (χ0n) is 12.5. The largest absolute Gasteiger partial charge is 0.453 e. The molecule has 0 aliphatic carbocycles. The molecule has 23 heavy (non-hydrogen) atoms. The predicted molar refractivity (Wildman–Crippen MR) is 76.8 cm³/mol. The molecule has 0 saturated carbocycles. The average Bonchev–Trinajstić information content (AvgIpc) is 2.54. The zero-order chi connectivity index (χ0) is 17.0. The van der Waals surface area contributed by atoms with Crippen molar-refractivity contribution in [1.29, 1.82) is 0 Å². The van der Waals surface area contributed by atoms with Crippen LogP contribution in [0.3, 0.4) is 0 Å². The van der Waals surface area contributed by atoms with Crippen LogP contribution < -0.4 is 5.32 Å². The lowest BCUT2D eigenvalue weighted by Gasteiger charge is -2.30. The van der Waals surface area contributed by atoms with Gasteiger partial charge in [-0.25, -0.2) is 4.79 Å². The molecule has 0 radical (unpaired) electrons. The summed E-state index contributed by atoms with van der Waals surface area (Å²) in [6, 6.07) is 4.25. The number of nitrogens with zero attached hydrogens (tertiary/aromatic N) is 1. The minimum absolute atomic E-state index is 0.235. The number of anilines is 1. The number of hydrogen-bond acceptors (Lipinski definition) is 3. The number of benzene rings is 1. The van der Waals surface area contributed by atoms with Crippen molar-refractivity contribution in [2.45, 2.75) is 19.0 Å². The topological polar surface area (TPSA) is 58.6 Å². The molecule has 5 nitrogen and oxygen atoms in total. The van der Waals surface area contributed by atoms with Crippen molar-refractivity contribution < 1.29 is 27.5 Å². The second kappa shape index (κ2) is 6.89. The fourth-order valence-electron chi connectivity index (χ4n) is 2.47. The Bertz CT molecular complexity index is 572. The van der Waals surface area contributed by atoms with E-state index in [4.69, 9.17) is 0 Å². The van der Waals surface area contributed by atoms with E-state index in [0.29, 0.717) is 19.4 Å². The van der Waals surface area contributed by atoms with E-state index in [9.17, 15) is 22.8 Å². The quantitative estimate of drug-likeness (QED) is 0.906. The van der Waals surface area contributed by atoms with Gasteiger partial charge in [-0.1, -0.05) is 0 Å². The monoisotopic (exact) mass is 330 g/mol. The third-order valence-electron chi connectivity index (χ3n) is 3.70. The van der Waals surface area contributed by atoms with Gasteiger partial charge in [-0.05, 0) is 37.1 Å². The molecular weight excluding hydrogens is 313 g/mol. The maximum atomic E-state index is 12.5. The number of ether oxygens (including phenoxy) is 1. The van der Waals surface area contributed by atoms with Gasteiger partial charge in [-0.15, -0.1) is 0 Å². The normalized spacial score (nSPS) is 18.4. The number of amides is 2. The number of rotatable bonds is 2. The fraction of sp³-hybridized carbons (Fsp3) is 0.467. The Balaban J connectivity index is 1.97. The Kier molecular flexibility index (Phi) is 5.12. The molecular formula is C15H17F3N2O3. The van der Waals surface area contributed by atoms with Gasteiger partial charge in [0.2, 0.25) is 5.91 Å². The molecule has 1 unspecified atom stereocenters. The summed E-state index contributed by atoms with van der Waals surface area (Å²) in [5.41, 5.74) is -0.483. The first-order chi connectivity index (χ1) is 10.8. The Labute approximate surface area is 131 Å². The standard InChI is InChI=1S/C15H17F3N2O3/c1-23-14(22)20-8-2-3-10(9-20)13(21)19-12-6-4-11(5-7-12)15(16,17)18/h4-7,10H,2-3,8-9H2,1H3,(H,19,21). The predicted octanol–water partition coefficient (Wildman–Crippen LogP) is 3.12. The second-order valence-electron chi connectivity index (χ2n) is 5.32. The Morgan fingerprint density at radius 2 is 1.91 bits per heavy atom. The summed E-state index contributed by atoms with van der Waals surface area (Å²) in [6.45, 7) is 0.760. The molecule has 0 aromatic heterocycles. The third kappa shape index (κ3) is 4.37. The maximum absolute atomic E-state index is 12.5. The van der Waals surface area contributed by atoms with E-state index in [0.717, 1.165) is 12.1 Å². The summed E-state index contributed by atoms with van der Waals surface area (Å²) in [5, 5.41) is 2.58. The minimum atomic E-state index is -4.41. The molecule has 8 heteroatoms. The Hall–Kier alpha value is -2.25. The number of nitrogens with one attached hydrogen (secondary N) is 1. The number of carbonyl (C=O) groups is 2. The van der Waals surface area contributed by atoms with Crippen LogP contribution in [0.2, 0.25) is 0 Å². The first-order valence-corrected chi connectivity index (χ1v) is 7.12. The number of methoxy groups -OCH3 is 1. The van der Waals surface area contributed by atoms with Crippen molar-refractivity contribution in [3.8, 4) is 0 Å². The summed E-state index contributed by atoms with van der Waals surface area (Å²) >= 11 is 0. The van der Waals surface area contributed by atoms with Gasteiger partial charge in [-0.2, -0.15) is 13.2 Å². The van der Waals surface area contributed by atoms with Crippen LogP contribution in [0.4, 0.5) is 23.7 Å². The zero-order valence-corrected chi connectivity index (χ0v) is 12.5. The smallest absolute Gasteiger partial charge is 0.416 e. The van der Waals surface area contributed by atoms with Gasteiger partial charge >= 0.3 is 12.3 Å². The van der Waals surface area contributed by atoms with E-state index >= 15 is 0 Å². The lowest BCUT2D eigenvalue weighted by atomic mass is 9.97. The van der Waals surface area contributed by atoms with Crippen molar-refractivity contribution >= 4 is 17.7 Å². The van der Waals surface area contributed by atoms with Crippen LogP contribution in [0.15, 0.2) is 24.3 Å². The van der Waals surface area contributed by atoms with E-state index in [1.165, 1.54) is 24.1 Å². The molecule has 2 rings (SSSR count). The summed E-state index contributed by atoms with van der Waals surface area (Å²) < 4.78 is 42.1. The molecule has 1 N–H and O–H groups in total. The molecule has 1 aliphatic rings. The molecule has 1 fully saturated rings. The fourth-order valence-corrected chi connectivity index (χ4v) is 2.47. The number of carbonyl (C=O) groups excluding carboxylic acids is 2. The van der Waals surface area contributed by atoms with E-state index < -0.39 is 23.8 Å². The number of alkyl halides is 3. The second-order valence-corrected chi connectivity index (χ2v) is 5.32. The summed E-state index contributed by atoms with van der Waals surface area (Å²) in [6.07, 6.45) is -3.62. The van der Waals surface area contributed by atoms with Crippen molar-refractivity contribution in [2.24, 2.45) is 5.92 Å². The molecule has 1 atom stereocenters. The Morgan fingerprint density at radius 1 is 1.26 bits per heavy atom. The Morgan fingerprint density at radius 3 is 2.48 bits per heavy atom. The van der Waals surface area contributed by atoms with Gasteiger partial charge in [0.25, 0.3) is 0 Å². The van der Waals surface area contributed by atoms with Crippen LogP contribution in [-0.4, -0.2) is 37.1 Å². The van der Waals surface area contributed by atoms with Crippen molar-refractivity contribution in [1.82, 2.24) is 4.90 Å². The average molecular weight is 330 g/mol. The molecule has 126 valence electrons. The SMILES string of the molecule is COC(=O)N1CCCC(C(=O)Nc2ccc(C(F)(F)F)cc2)C1. The summed E-state index contributed by atoms with van der Waals surface area (Å²) in [5.74, 6) is -0.733. The lowest BCUT2D eigenvalue weighted by molar-refractivity contribution is -0.137. The number of piperidine rings is 1. The van der Waals surface area contributed by atoms with Crippen LogP contribution in [0.1, 0.15) is 18.4 Å². The van der Waals surface area contributed by atoms with E-state index in [2.05, 4.69) is 10.1 Å². The number of hydrogen-bond donors (Lipinski definition) is 1. The molecule has 1 aromatic rings. The van der Waals surface area contributed by atoms with Crippen molar-refractivity contribution in [3.05, 3.63) is 29.8 Å². The number of halogens is 3. The van der Waals surface area contributed by atoms with Gasteiger partial charge in [-0.3, -0.25) is 4.79 Å². The van der Waals surface area contributed by atoms with Crippen LogP contribution >= 0.6 is 0 Å². The minimum Gasteiger partial charge on any atom is -0.453 e. The van der Waals surface area contributed by atoms with Gasteiger partial charge in [0.15, 0.2) is 0 Å². The molecule has 0 bridgehead atoms. The highest BCUT2D eigenvalue weighted by Crippen LogP contribution is 2.30. The highest BCUT2D eigenvalue weighted by Gasteiger charge is 2.31. The van der Waals surface area contributed by atoms with Crippen molar-refractivity contribution in [3.63, 3.8) is 0 Å². The third-order valence-corrected chi connectivity index (χ3v) is 3.70. The van der Waals surface area contributed by atoms with Crippen LogP contribution in [0.5, 0.6) is 0 Å². The van der Waals surface area contributed by atoms with Crippen LogP contribution in [-0.2, 0) is 15.7 Å². The van der Waals surface area contributed by atoms with Crippen molar-refractivity contribution in [2.75, 3.05) is 25.5 Å². The highest BCUT2D eigenvalue weighted by molar-refractivity contribution is 5.93. The van der Waals surface area contributed by atoms with Gasteiger partial charge < -0.3 is 15.0 Å². The first kappa shape index (κ1) is 17.1. The highest BCUT2D eigenvalue weighted by atomic mass is 19.4. The van der Waals surface area contributed by atoms with Crippen LogP contribution in [0, 0.1) is 5.92 Å².